The fourth-order valence-electron chi connectivity index (χ4n) is 1.67. The molecule has 0 aliphatic heterocycles. The van der Waals surface area contributed by atoms with Gasteiger partial charge in [0.25, 0.3) is 0 Å². The van der Waals surface area contributed by atoms with Crippen molar-refractivity contribution in [1.29, 1.82) is 0 Å². The number of thiophene rings is 1. The Labute approximate surface area is 120 Å². The largest absolute Gasteiger partial charge is 0.309 e. The quantitative estimate of drug-likeness (QED) is 0.814. The first-order valence-corrected chi connectivity index (χ1v) is 7.45. The van der Waals surface area contributed by atoms with Crippen LogP contribution in [0.25, 0.3) is 0 Å². The lowest BCUT2D eigenvalue weighted by Crippen LogP contribution is -2.17. The lowest BCUT2D eigenvalue weighted by Gasteiger charge is -2.16. The summed E-state index contributed by atoms with van der Waals surface area (Å²) in [5.74, 6) is -0.212. The first-order valence-electron chi connectivity index (χ1n) is 4.98. The molecule has 1 atom stereocenters. The van der Waals surface area contributed by atoms with Crippen molar-refractivity contribution >= 4 is 43.2 Å². The van der Waals surface area contributed by atoms with Crippen LogP contribution >= 0.6 is 43.2 Å². The van der Waals surface area contributed by atoms with Crippen LogP contribution in [-0.2, 0) is 0 Å². The summed E-state index contributed by atoms with van der Waals surface area (Å²) < 4.78 is 15.6. The molecule has 0 fully saturated rings. The molecule has 0 saturated heterocycles. The van der Waals surface area contributed by atoms with E-state index >= 15 is 0 Å². The van der Waals surface area contributed by atoms with Gasteiger partial charge in [0.2, 0.25) is 0 Å². The van der Waals surface area contributed by atoms with Gasteiger partial charge < -0.3 is 5.32 Å². The van der Waals surface area contributed by atoms with Gasteiger partial charge in [-0.1, -0.05) is 12.1 Å². The van der Waals surface area contributed by atoms with E-state index in [1.807, 2.05) is 24.6 Å². The number of hydrogen-bond acceptors (Lipinski definition) is 2. The summed E-state index contributed by atoms with van der Waals surface area (Å²) in [5, 5.41) is 5.14. The molecule has 90 valence electrons. The molecule has 2 aromatic rings. The normalized spacial score (nSPS) is 12.7. The van der Waals surface area contributed by atoms with Gasteiger partial charge in [-0.15, -0.1) is 11.3 Å². The van der Waals surface area contributed by atoms with E-state index in [1.54, 1.807) is 23.5 Å². The first-order chi connectivity index (χ1) is 8.13. The molecule has 0 aliphatic rings. The summed E-state index contributed by atoms with van der Waals surface area (Å²) >= 11 is 8.23. The third-order valence-electron chi connectivity index (χ3n) is 2.45. The van der Waals surface area contributed by atoms with Gasteiger partial charge in [-0.25, -0.2) is 4.39 Å². The van der Waals surface area contributed by atoms with E-state index in [0.29, 0.717) is 10.0 Å². The van der Waals surface area contributed by atoms with Gasteiger partial charge in [-0.3, -0.25) is 0 Å². The Balaban J connectivity index is 2.45. The predicted octanol–water partition coefficient (Wildman–Crippen LogP) is 4.72. The Morgan fingerprint density at radius 1 is 1.35 bits per heavy atom. The van der Waals surface area contributed by atoms with Gasteiger partial charge in [0.15, 0.2) is 0 Å². The minimum absolute atomic E-state index is 0.121. The predicted molar refractivity (Wildman–Crippen MR) is 77.0 cm³/mol. The summed E-state index contributed by atoms with van der Waals surface area (Å²) in [6.45, 7) is 0. The zero-order chi connectivity index (χ0) is 12.4. The molecule has 0 bridgehead atoms. The molecule has 1 N–H and O–H groups in total. The zero-order valence-electron chi connectivity index (χ0n) is 9.01. The maximum Gasteiger partial charge on any atom is 0.142 e. The van der Waals surface area contributed by atoms with Crippen molar-refractivity contribution in [3.63, 3.8) is 0 Å². The van der Waals surface area contributed by atoms with Gasteiger partial charge in [0.1, 0.15) is 5.82 Å². The topological polar surface area (TPSA) is 12.0 Å². The first kappa shape index (κ1) is 13.2. The molecule has 1 aromatic carbocycles. The Bertz CT molecular complexity index is 527. The highest BCUT2D eigenvalue weighted by Gasteiger charge is 2.18. The summed E-state index contributed by atoms with van der Waals surface area (Å²) in [6.07, 6.45) is 0. The number of benzene rings is 1. The van der Waals surface area contributed by atoms with Crippen LogP contribution in [0.15, 0.2) is 38.6 Å². The molecule has 5 heteroatoms. The van der Waals surface area contributed by atoms with Crippen molar-refractivity contribution < 1.29 is 4.39 Å². The minimum Gasteiger partial charge on any atom is -0.309 e. The van der Waals surface area contributed by atoms with E-state index in [9.17, 15) is 4.39 Å². The van der Waals surface area contributed by atoms with E-state index < -0.39 is 0 Å². The summed E-state index contributed by atoms with van der Waals surface area (Å²) in [4.78, 5) is 1.08. The molecule has 17 heavy (non-hydrogen) atoms. The van der Waals surface area contributed by atoms with Crippen LogP contribution < -0.4 is 5.32 Å². The fourth-order valence-corrected chi connectivity index (χ4v) is 3.63. The second-order valence-corrected chi connectivity index (χ2v) is 6.24. The standard InChI is InChI=1S/C12H10Br2FNS/c1-16-12(10-5-7(13)6-17-10)8-3-2-4-9(14)11(8)15/h2-6,12,16H,1H3. The lowest BCUT2D eigenvalue weighted by molar-refractivity contribution is 0.574. The number of nitrogens with one attached hydrogen (secondary N) is 1. The van der Waals surface area contributed by atoms with E-state index in [2.05, 4.69) is 37.2 Å². The van der Waals surface area contributed by atoms with E-state index in [4.69, 9.17) is 0 Å². The highest BCUT2D eigenvalue weighted by Crippen LogP contribution is 2.32. The molecule has 1 nitrogen and oxygen atoms in total. The molecular weight excluding hydrogens is 369 g/mol. The molecule has 2 rings (SSSR count). The van der Waals surface area contributed by atoms with Crippen molar-refractivity contribution in [3.05, 3.63) is 54.8 Å². The molecule has 0 saturated carbocycles. The lowest BCUT2D eigenvalue weighted by atomic mass is 10.1. The third-order valence-corrected chi connectivity index (χ3v) is 4.82. The van der Waals surface area contributed by atoms with E-state index in [-0.39, 0.29) is 11.9 Å². The van der Waals surface area contributed by atoms with Crippen molar-refractivity contribution in [1.82, 2.24) is 5.32 Å². The third kappa shape index (κ3) is 2.78. The zero-order valence-corrected chi connectivity index (χ0v) is 13.0. The van der Waals surface area contributed by atoms with Gasteiger partial charge in [0.05, 0.1) is 10.5 Å². The molecule has 0 aliphatic carbocycles. The number of halogens is 3. The van der Waals surface area contributed by atoms with Crippen LogP contribution in [0.3, 0.4) is 0 Å². The molecule has 1 heterocycles. The Kier molecular flexibility index (Phi) is 4.36. The maximum absolute atomic E-state index is 14.0. The smallest absolute Gasteiger partial charge is 0.142 e. The van der Waals surface area contributed by atoms with Gasteiger partial charge in [-0.2, -0.15) is 0 Å². The second kappa shape index (κ2) is 5.61. The van der Waals surface area contributed by atoms with Crippen LogP contribution in [0.1, 0.15) is 16.5 Å². The molecule has 1 unspecified atom stereocenters. The average molecular weight is 379 g/mol. The second-order valence-electron chi connectivity index (χ2n) is 3.53. The summed E-state index contributed by atoms with van der Waals surface area (Å²) in [6, 6.07) is 7.23. The van der Waals surface area contributed by atoms with Crippen molar-refractivity contribution in [3.8, 4) is 0 Å². The molecule has 0 radical (unpaired) electrons. The van der Waals surface area contributed by atoms with E-state index in [1.165, 1.54) is 0 Å². The number of hydrogen-bond donors (Lipinski definition) is 1. The Hall–Kier alpha value is -0.230. The summed E-state index contributed by atoms with van der Waals surface area (Å²) in [7, 11) is 1.83. The van der Waals surface area contributed by atoms with Crippen LogP contribution in [0.4, 0.5) is 4.39 Å². The van der Waals surface area contributed by atoms with Crippen LogP contribution in [0.2, 0.25) is 0 Å². The van der Waals surface area contributed by atoms with Gasteiger partial charge in [-0.05, 0) is 51.0 Å². The van der Waals surface area contributed by atoms with Crippen LogP contribution in [-0.4, -0.2) is 7.05 Å². The molecule has 0 amide bonds. The fraction of sp³-hybridized carbons (Fsp3) is 0.167. The van der Waals surface area contributed by atoms with Crippen LogP contribution in [0, 0.1) is 5.82 Å². The maximum atomic E-state index is 14.0. The highest BCUT2D eigenvalue weighted by molar-refractivity contribution is 9.10. The molecule has 1 aromatic heterocycles. The van der Waals surface area contributed by atoms with E-state index in [0.717, 1.165) is 9.35 Å². The molecular formula is C12H10Br2FNS. The Morgan fingerprint density at radius 2 is 2.12 bits per heavy atom. The minimum atomic E-state index is -0.212. The van der Waals surface area contributed by atoms with Crippen LogP contribution in [0.5, 0.6) is 0 Å². The summed E-state index contributed by atoms with van der Waals surface area (Å²) in [5.41, 5.74) is 0.649. The average Bonchev–Trinajstić information content (AvgIpc) is 2.72. The van der Waals surface area contributed by atoms with Crippen molar-refractivity contribution in [2.75, 3.05) is 7.05 Å². The molecule has 0 spiro atoms. The highest BCUT2D eigenvalue weighted by atomic mass is 79.9. The monoisotopic (exact) mass is 377 g/mol. The van der Waals surface area contributed by atoms with Gasteiger partial charge in [0, 0.05) is 20.3 Å². The van der Waals surface area contributed by atoms with Gasteiger partial charge >= 0.3 is 0 Å². The Morgan fingerprint density at radius 3 is 2.71 bits per heavy atom. The van der Waals surface area contributed by atoms with Crippen molar-refractivity contribution in [2.24, 2.45) is 0 Å². The van der Waals surface area contributed by atoms with Crippen molar-refractivity contribution in [2.45, 2.75) is 6.04 Å². The SMILES string of the molecule is CNC(c1cc(Br)cs1)c1cccc(Br)c1F. The number of rotatable bonds is 3.